The number of carbonyl (C=O) groups excluding carboxylic acids is 1. The molecule has 0 radical (unpaired) electrons. The first-order valence-corrected chi connectivity index (χ1v) is 10.5. The number of nitrogen functional groups attached to an aromatic ring is 1. The second-order valence-corrected chi connectivity index (χ2v) is 8.10. The molecule has 0 spiro atoms. The molecule has 4 aromatic heterocycles. The Morgan fingerprint density at radius 3 is 2.65 bits per heavy atom. The van der Waals surface area contributed by atoms with E-state index in [1.807, 2.05) is 6.92 Å². The lowest BCUT2D eigenvalue weighted by molar-refractivity contribution is 0.0663. The molecule has 0 saturated carbocycles. The lowest BCUT2D eigenvalue weighted by atomic mass is 10.1. The Labute approximate surface area is 191 Å². The lowest BCUT2D eigenvalue weighted by Crippen LogP contribution is -2.34. The van der Waals surface area contributed by atoms with Crippen molar-refractivity contribution in [1.82, 2.24) is 29.8 Å². The van der Waals surface area contributed by atoms with Crippen molar-refractivity contribution < 1.29 is 4.79 Å². The van der Waals surface area contributed by atoms with Gasteiger partial charge < -0.3 is 10.6 Å². The molecule has 0 fully saturated rings. The Balaban J connectivity index is 1.72. The smallest absolute Gasteiger partial charge is 0.256 e. The van der Waals surface area contributed by atoms with Crippen molar-refractivity contribution in [3.8, 4) is 0 Å². The Hall–Kier alpha value is -3.17. The van der Waals surface area contributed by atoms with E-state index in [1.54, 1.807) is 53.8 Å². The molecule has 0 saturated heterocycles. The quantitative estimate of drug-likeness (QED) is 0.438. The van der Waals surface area contributed by atoms with Crippen LogP contribution in [0.5, 0.6) is 0 Å². The fraction of sp³-hybridized carbons (Fsp3) is 0.143. The van der Waals surface area contributed by atoms with Gasteiger partial charge in [0, 0.05) is 30.2 Å². The number of carbonyl (C=O) groups is 1. The lowest BCUT2D eigenvalue weighted by Gasteiger charge is -2.28. The van der Waals surface area contributed by atoms with Crippen molar-refractivity contribution in [2.45, 2.75) is 19.5 Å². The molecule has 1 amide bonds. The molecule has 31 heavy (non-hydrogen) atoms. The second-order valence-electron chi connectivity index (χ2n) is 6.81. The van der Waals surface area contributed by atoms with E-state index in [0.717, 1.165) is 0 Å². The number of aromatic nitrogens is 5. The number of hydrogen-bond acceptors (Lipinski definition) is 7. The molecule has 4 rings (SSSR count). The highest BCUT2D eigenvalue weighted by molar-refractivity contribution is 9.10. The van der Waals surface area contributed by atoms with Crippen molar-refractivity contribution in [3.05, 3.63) is 81.7 Å². The standard InChI is InChI=1S/C21H17BrClN7O/c1-12(19-25-5-2-6-26-19)30(11-16-4-3-15(23)10-27-16)21(31)14-7-13-8-17(22)18(24)29-20(13)28-9-14/h2-10,12H,11H2,1H3,(H2,24,28,29)/t12-/m1/s1. The molecule has 8 nitrogen and oxygen atoms in total. The minimum absolute atomic E-state index is 0.237. The number of fused-ring (bicyclic) bond motifs is 1. The topological polar surface area (TPSA) is 111 Å². The monoisotopic (exact) mass is 497 g/mol. The summed E-state index contributed by atoms with van der Waals surface area (Å²) in [6.07, 6.45) is 6.33. The van der Waals surface area contributed by atoms with Gasteiger partial charge in [0.2, 0.25) is 0 Å². The zero-order valence-corrected chi connectivity index (χ0v) is 18.7. The minimum atomic E-state index is -0.404. The van der Waals surface area contributed by atoms with Gasteiger partial charge in [-0.15, -0.1) is 0 Å². The molecule has 0 aliphatic carbocycles. The molecular weight excluding hydrogens is 482 g/mol. The molecule has 0 bridgehead atoms. The molecule has 156 valence electrons. The fourth-order valence-corrected chi connectivity index (χ4v) is 3.51. The summed E-state index contributed by atoms with van der Waals surface area (Å²) >= 11 is 9.32. The van der Waals surface area contributed by atoms with E-state index in [-0.39, 0.29) is 12.5 Å². The number of nitrogens with two attached hydrogens (primary N) is 1. The summed E-state index contributed by atoms with van der Waals surface area (Å²) in [5, 5.41) is 1.22. The SMILES string of the molecule is C[C@H](c1ncccn1)N(Cc1ccc(Cl)cn1)C(=O)c1cnc2nc(N)c(Br)cc2c1. The maximum Gasteiger partial charge on any atom is 0.256 e. The van der Waals surface area contributed by atoms with Crippen LogP contribution in [0.25, 0.3) is 11.0 Å². The van der Waals surface area contributed by atoms with E-state index in [1.165, 1.54) is 6.20 Å². The van der Waals surface area contributed by atoms with E-state index < -0.39 is 6.04 Å². The van der Waals surface area contributed by atoms with Gasteiger partial charge in [-0.3, -0.25) is 9.78 Å². The fourth-order valence-electron chi connectivity index (χ4n) is 3.06. The van der Waals surface area contributed by atoms with Gasteiger partial charge >= 0.3 is 0 Å². The van der Waals surface area contributed by atoms with Crippen LogP contribution in [-0.4, -0.2) is 35.7 Å². The molecule has 0 unspecified atom stereocenters. The first-order valence-electron chi connectivity index (χ1n) is 9.32. The first-order chi connectivity index (χ1) is 14.9. The normalized spacial score (nSPS) is 12.0. The zero-order chi connectivity index (χ0) is 22.0. The third kappa shape index (κ3) is 4.62. The number of nitrogens with zero attached hydrogens (tertiary/aromatic N) is 6. The van der Waals surface area contributed by atoms with Crippen molar-refractivity contribution in [1.29, 1.82) is 0 Å². The zero-order valence-electron chi connectivity index (χ0n) is 16.4. The van der Waals surface area contributed by atoms with Crippen molar-refractivity contribution in [3.63, 3.8) is 0 Å². The summed E-state index contributed by atoms with van der Waals surface area (Å²) in [7, 11) is 0. The van der Waals surface area contributed by atoms with Crippen LogP contribution in [0, 0.1) is 0 Å². The average Bonchev–Trinajstić information content (AvgIpc) is 2.79. The second kappa shape index (κ2) is 8.91. The maximum absolute atomic E-state index is 13.5. The predicted octanol–water partition coefficient (Wildman–Crippen LogP) is 4.22. The molecular formula is C21H17BrClN7O. The van der Waals surface area contributed by atoms with Crippen LogP contribution in [0.15, 0.2) is 59.6 Å². The molecule has 2 N–H and O–H groups in total. The van der Waals surface area contributed by atoms with Crippen LogP contribution < -0.4 is 5.73 Å². The summed E-state index contributed by atoms with van der Waals surface area (Å²) in [5.41, 5.74) is 7.38. The summed E-state index contributed by atoms with van der Waals surface area (Å²) in [6, 6.07) is 8.37. The maximum atomic E-state index is 13.5. The van der Waals surface area contributed by atoms with E-state index >= 15 is 0 Å². The van der Waals surface area contributed by atoms with Crippen LogP contribution in [0.4, 0.5) is 5.82 Å². The number of anilines is 1. The Morgan fingerprint density at radius 1 is 1.16 bits per heavy atom. The molecule has 0 aliphatic rings. The van der Waals surface area contributed by atoms with Crippen molar-refractivity contribution >= 4 is 50.3 Å². The van der Waals surface area contributed by atoms with E-state index in [9.17, 15) is 4.79 Å². The predicted molar refractivity (Wildman–Crippen MR) is 121 cm³/mol. The summed E-state index contributed by atoms with van der Waals surface area (Å²) in [4.78, 5) is 36.7. The largest absolute Gasteiger partial charge is 0.383 e. The van der Waals surface area contributed by atoms with Gasteiger partial charge in [0.15, 0.2) is 5.65 Å². The van der Waals surface area contributed by atoms with Gasteiger partial charge in [-0.2, -0.15) is 0 Å². The van der Waals surface area contributed by atoms with Crippen LogP contribution in [0.3, 0.4) is 0 Å². The number of halogens is 2. The van der Waals surface area contributed by atoms with Crippen molar-refractivity contribution in [2.24, 2.45) is 0 Å². The molecule has 4 aromatic rings. The molecule has 1 atom stereocenters. The number of hydrogen-bond donors (Lipinski definition) is 1. The average molecular weight is 499 g/mol. The van der Waals surface area contributed by atoms with Gasteiger partial charge in [0.05, 0.1) is 33.3 Å². The molecule has 0 aromatic carbocycles. The van der Waals surface area contributed by atoms with Crippen molar-refractivity contribution in [2.75, 3.05) is 5.73 Å². The Kier molecular flexibility index (Phi) is 6.06. The summed E-state index contributed by atoms with van der Waals surface area (Å²) in [5.74, 6) is 0.624. The number of amides is 1. The van der Waals surface area contributed by atoms with Crippen LogP contribution in [0.1, 0.15) is 34.8 Å². The van der Waals surface area contributed by atoms with Gasteiger partial charge in [-0.1, -0.05) is 11.6 Å². The third-order valence-electron chi connectivity index (χ3n) is 4.70. The first kappa shape index (κ1) is 21.1. The number of pyridine rings is 3. The van der Waals surface area contributed by atoms with Gasteiger partial charge in [-0.05, 0) is 53.2 Å². The van der Waals surface area contributed by atoms with Gasteiger partial charge in [0.25, 0.3) is 5.91 Å². The minimum Gasteiger partial charge on any atom is -0.383 e. The number of rotatable bonds is 5. The van der Waals surface area contributed by atoms with Gasteiger partial charge in [-0.25, -0.2) is 19.9 Å². The highest BCUT2D eigenvalue weighted by atomic mass is 79.9. The molecule has 4 heterocycles. The van der Waals surface area contributed by atoms with Crippen LogP contribution >= 0.6 is 27.5 Å². The highest BCUT2D eigenvalue weighted by Crippen LogP contribution is 2.25. The third-order valence-corrected chi connectivity index (χ3v) is 5.56. The van der Waals surface area contributed by atoms with E-state index in [2.05, 4.69) is 40.8 Å². The van der Waals surface area contributed by atoms with Crippen LogP contribution in [-0.2, 0) is 6.54 Å². The molecule has 0 aliphatic heterocycles. The van der Waals surface area contributed by atoms with Crippen LogP contribution in [0.2, 0.25) is 5.02 Å². The van der Waals surface area contributed by atoms with E-state index in [4.69, 9.17) is 17.3 Å². The summed E-state index contributed by atoms with van der Waals surface area (Å²) < 4.78 is 0.639. The highest BCUT2D eigenvalue weighted by Gasteiger charge is 2.26. The Bertz CT molecular complexity index is 1240. The van der Waals surface area contributed by atoms with E-state index in [0.29, 0.717) is 43.4 Å². The molecule has 10 heteroatoms. The van der Waals surface area contributed by atoms with Gasteiger partial charge in [0.1, 0.15) is 11.6 Å². The summed E-state index contributed by atoms with van der Waals surface area (Å²) in [6.45, 7) is 2.12. The Morgan fingerprint density at radius 2 is 1.94 bits per heavy atom.